The molecule has 0 fully saturated rings. The number of pyridine rings is 2. The van der Waals surface area contributed by atoms with Crippen LogP contribution < -0.4 is 11.1 Å². The number of nitrogens with two attached hydrogens (primary N) is 1. The molecular weight excluding hydrogens is 236 g/mol. The van der Waals surface area contributed by atoms with Crippen molar-refractivity contribution >= 4 is 5.82 Å². The molecule has 3 N–H and O–H groups in total. The van der Waals surface area contributed by atoms with Gasteiger partial charge in [0.2, 0.25) is 0 Å². The third-order valence-electron chi connectivity index (χ3n) is 3.20. The van der Waals surface area contributed by atoms with E-state index < -0.39 is 0 Å². The second kappa shape index (κ2) is 5.80. The van der Waals surface area contributed by atoms with E-state index in [9.17, 15) is 0 Å². The molecule has 0 bridgehead atoms. The minimum Gasteiger partial charge on any atom is -0.383 e. The van der Waals surface area contributed by atoms with Gasteiger partial charge in [0.25, 0.3) is 0 Å². The first-order valence-electron chi connectivity index (χ1n) is 6.42. The van der Waals surface area contributed by atoms with Crippen LogP contribution in [-0.4, -0.2) is 17.0 Å². The van der Waals surface area contributed by atoms with Crippen LogP contribution in [0.25, 0.3) is 0 Å². The maximum Gasteiger partial charge on any atom is 0.126 e. The van der Waals surface area contributed by atoms with Gasteiger partial charge in [-0.15, -0.1) is 0 Å². The van der Waals surface area contributed by atoms with Crippen molar-refractivity contribution in [2.45, 2.75) is 26.3 Å². The molecule has 4 heteroatoms. The third kappa shape index (κ3) is 3.29. The molecule has 0 aliphatic rings. The number of hydrogen-bond donors (Lipinski definition) is 2. The summed E-state index contributed by atoms with van der Waals surface area (Å²) in [6.45, 7) is 4.03. The lowest BCUT2D eigenvalue weighted by Gasteiger charge is -2.18. The van der Waals surface area contributed by atoms with E-state index >= 15 is 0 Å². The van der Waals surface area contributed by atoms with E-state index in [1.807, 2.05) is 33.0 Å². The van der Waals surface area contributed by atoms with Crippen LogP contribution in [0.2, 0.25) is 0 Å². The fraction of sp³-hybridized carbons (Fsp3) is 0.333. The highest BCUT2D eigenvalue weighted by molar-refractivity contribution is 5.40. The zero-order valence-corrected chi connectivity index (χ0v) is 11.6. The van der Waals surface area contributed by atoms with Gasteiger partial charge in [0, 0.05) is 23.6 Å². The molecule has 0 spiro atoms. The highest BCUT2D eigenvalue weighted by Crippen LogP contribution is 2.21. The molecule has 0 saturated carbocycles. The number of nitrogen functional groups attached to an aromatic ring is 1. The number of rotatable bonds is 4. The molecule has 4 nitrogen and oxygen atoms in total. The van der Waals surface area contributed by atoms with Gasteiger partial charge < -0.3 is 11.1 Å². The Morgan fingerprint density at radius 3 is 2.53 bits per heavy atom. The summed E-state index contributed by atoms with van der Waals surface area (Å²) in [6.07, 6.45) is 2.53. The number of anilines is 1. The Kier molecular flexibility index (Phi) is 4.12. The van der Waals surface area contributed by atoms with E-state index in [4.69, 9.17) is 5.73 Å². The minimum atomic E-state index is 0.215. The Morgan fingerprint density at radius 2 is 1.95 bits per heavy atom. The van der Waals surface area contributed by atoms with Gasteiger partial charge in [0.1, 0.15) is 5.82 Å². The van der Waals surface area contributed by atoms with Gasteiger partial charge in [-0.25, -0.2) is 4.98 Å². The number of aryl methyl sites for hydroxylation is 2. The first-order chi connectivity index (χ1) is 9.10. The average molecular weight is 256 g/mol. The summed E-state index contributed by atoms with van der Waals surface area (Å²) in [5, 5.41) is 3.34. The lowest BCUT2D eigenvalue weighted by molar-refractivity contribution is 0.590. The number of nitrogens with zero attached hydrogens (tertiary/aromatic N) is 2. The molecule has 1 unspecified atom stereocenters. The van der Waals surface area contributed by atoms with Crippen molar-refractivity contribution in [3.8, 4) is 0 Å². The predicted octanol–water partition coefficient (Wildman–Crippen LogP) is 2.18. The second-order valence-corrected chi connectivity index (χ2v) is 4.78. The molecule has 0 saturated heterocycles. The Morgan fingerprint density at radius 1 is 1.26 bits per heavy atom. The molecule has 0 amide bonds. The van der Waals surface area contributed by atoms with Crippen LogP contribution in [0.3, 0.4) is 0 Å². The van der Waals surface area contributed by atoms with Gasteiger partial charge >= 0.3 is 0 Å². The van der Waals surface area contributed by atoms with Crippen LogP contribution in [0.5, 0.6) is 0 Å². The van der Waals surface area contributed by atoms with Gasteiger partial charge in [0.05, 0.1) is 0 Å². The number of hydrogen-bond acceptors (Lipinski definition) is 4. The van der Waals surface area contributed by atoms with Crippen molar-refractivity contribution in [1.29, 1.82) is 0 Å². The molecule has 0 aromatic carbocycles. The Balaban J connectivity index is 2.28. The summed E-state index contributed by atoms with van der Waals surface area (Å²) < 4.78 is 0. The molecule has 2 aromatic rings. The van der Waals surface area contributed by atoms with Crippen molar-refractivity contribution in [1.82, 2.24) is 15.3 Å². The van der Waals surface area contributed by atoms with E-state index in [1.165, 1.54) is 5.56 Å². The summed E-state index contributed by atoms with van der Waals surface area (Å²) in [5.74, 6) is 0.602. The zero-order valence-electron chi connectivity index (χ0n) is 11.6. The van der Waals surface area contributed by atoms with Crippen molar-refractivity contribution < 1.29 is 0 Å². The van der Waals surface area contributed by atoms with Gasteiger partial charge in [-0.3, -0.25) is 4.98 Å². The quantitative estimate of drug-likeness (QED) is 0.880. The Labute approximate surface area is 114 Å². The first kappa shape index (κ1) is 13.5. The van der Waals surface area contributed by atoms with Crippen LogP contribution in [0.15, 0.2) is 30.5 Å². The van der Waals surface area contributed by atoms with Crippen LogP contribution in [-0.2, 0) is 6.42 Å². The third-order valence-corrected chi connectivity index (χ3v) is 3.20. The molecule has 0 aliphatic carbocycles. The lowest BCUT2D eigenvalue weighted by atomic mass is 9.99. The largest absolute Gasteiger partial charge is 0.383 e. The van der Waals surface area contributed by atoms with Crippen molar-refractivity contribution in [2.24, 2.45) is 0 Å². The summed E-state index contributed by atoms with van der Waals surface area (Å²) in [4.78, 5) is 8.54. The lowest BCUT2D eigenvalue weighted by Crippen LogP contribution is -2.20. The highest BCUT2D eigenvalue weighted by Gasteiger charge is 2.13. The van der Waals surface area contributed by atoms with Crippen LogP contribution >= 0.6 is 0 Å². The molecule has 2 aromatic heterocycles. The molecule has 100 valence electrons. The zero-order chi connectivity index (χ0) is 13.8. The normalized spacial score (nSPS) is 12.4. The van der Waals surface area contributed by atoms with E-state index in [-0.39, 0.29) is 6.04 Å². The van der Waals surface area contributed by atoms with Crippen LogP contribution in [0.4, 0.5) is 5.82 Å². The maximum atomic E-state index is 5.91. The molecule has 0 aliphatic heterocycles. The fourth-order valence-corrected chi connectivity index (χ4v) is 2.30. The van der Waals surface area contributed by atoms with E-state index in [0.717, 1.165) is 23.4 Å². The molecule has 2 rings (SSSR count). The Hall–Kier alpha value is -1.94. The summed E-state index contributed by atoms with van der Waals surface area (Å²) >= 11 is 0. The maximum absolute atomic E-state index is 5.91. The first-order valence-corrected chi connectivity index (χ1v) is 6.42. The molecule has 0 radical (unpaired) electrons. The smallest absolute Gasteiger partial charge is 0.126 e. The van der Waals surface area contributed by atoms with E-state index in [0.29, 0.717) is 5.82 Å². The molecule has 1 atom stereocenters. The minimum absolute atomic E-state index is 0.215. The van der Waals surface area contributed by atoms with Crippen molar-refractivity contribution in [2.75, 3.05) is 12.8 Å². The van der Waals surface area contributed by atoms with Crippen molar-refractivity contribution in [3.05, 3.63) is 53.0 Å². The number of aromatic nitrogens is 2. The molecule has 19 heavy (non-hydrogen) atoms. The van der Waals surface area contributed by atoms with E-state index in [2.05, 4.69) is 27.4 Å². The van der Waals surface area contributed by atoms with Gasteiger partial charge in [-0.1, -0.05) is 6.07 Å². The summed E-state index contributed by atoms with van der Waals surface area (Å²) in [7, 11) is 1.96. The summed E-state index contributed by atoms with van der Waals surface area (Å²) in [5.41, 5.74) is 10.3. The average Bonchev–Trinajstić information content (AvgIpc) is 2.36. The van der Waals surface area contributed by atoms with Gasteiger partial charge in [0.15, 0.2) is 0 Å². The number of nitrogens with one attached hydrogen (secondary N) is 1. The van der Waals surface area contributed by atoms with Gasteiger partial charge in [-0.2, -0.15) is 0 Å². The van der Waals surface area contributed by atoms with E-state index in [1.54, 1.807) is 6.20 Å². The fourth-order valence-electron chi connectivity index (χ4n) is 2.30. The second-order valence-electron chi connectivity index (χ2n) is 4.78. The number of likely N-dealkylation sites (N-methyl/N-ethyl adjacent to an activating group) is 1. The topological polar surface area (TPSA) is 63.8 Å². The highest BCUT2D eigenvalue weighted by atomic mass is 14.9. The standard InChI is InChI=1S/C15H20N4/c1-10-7-13(8-11(2)19-10)14(17-3)9-12-5-4-6-18-15(12)16/h4-8,14,17H,9H2,1-3H3,(H2,16,18). The Bertz CT molecular complexity index is 546. The van der Waals surface area contributed by atoms with Gasteiger partial charge in [-0.05, 0) is 56.6 Å². The molecular formula is C15H20N4. The van der Waals surface area contributed by atoms with Crippen LogP contribution in [0, 0.1) is 13.8 Å². The van der Waals surface area contributed by atoms with Crippen LogP contribution in [0.1, 0.15) is 28.6 Å². The summed E-state index contributed by atoms with van der Waals surface area (Å²) in [6, 6.07) is 8.38. The SMILES string of the molecule is CNC(Cc1cccnc1N)c1cc(C)nc(C)c1. The molecule has 2 heterocycles. The predicted molar refractivity (Wildman–Crippen MR) is 77.9 cm³/mol. The monoisotopic (exact) mass is 256 g/mol. The van der Waals surface area contributed by atoms with Crippen molar-refractivity contribution in [3.63, 3.8) is 0 Å².